The minimum Gasteiger partial charge on any atom is -0.508 e. The summed E-state index contributed by atoms with van der Waals surface area (Å²) in [6, 6.07) is 10.5. The van der Waals surface area contributed by atoms with Gasteiger partial charge in [0.1, 0.15) is 28.1 Å². The Morgan fingerprint density at radius 3 is 2.38 bits per heavy atom. The number of nitrogens with zero attached hydrogens (tertiary/aromatic N) is 2. The van der Waals surface area contributed by atoms with Crippen molar-refractivity contribution in [3.63, 3.8) is 0 Å². The Hall–Kier alpha value is -2.59. The molecule has 0 aliphatic carbocycles. The van der Waals surface area contributed by atoms with E-state index in [0.717, 1.165) is 10.4 Å². The summed E-state index contributed by atoms with van der Waals surface area (Å²) >= 11 is 0. The van der Waals surface area contributed by atoms with E-state index in [-0.39, 0.29) is 11.4 Å². The smallest absolute Gasteiger partial charge is 0.265 e. The number of phenols is 1. The van der Waals surface area contributed by atoms with Gasteiger partial charge in [0.25, 0.3) is 10.0 Å². The van der Waals surface area contributed by atoms with Gasteiger partial charge in [0.2, 0.25) is 0 Å². The molecule has 2 rings (SSSR count). The Bertz CT molecular complexity index is 811. The third-order valence-electron chi connectivity index (χ3n) is 2.94. The molecule has 0 fully saturated rings. The third-order valence-corrected chi connectivity index (χ3v) is 4.77. The van der Waals surface area contributed by atoms with Crippen LogP contribution in [-0.2, 0) is 10.0 Å². The second-order valence-corrected chi connectivity index (χ2v) is 6.15. The Morgan fingerprint density at radius 1 is 1.19 bits per heavy atom. The van der Waals surface area contributed by atoms with E-state index in [2.05, 4.69) is 0 Å². The summed E-state index contributed by atoms with van der Waals surface area (Å²) in [7, 11) is -2.80. The van der Waals surface area contributed by atoms with Gasteiger partial charge < -0.3 is 5.11 Å². The molecule has 1 N–H and O–H groups in total. The number of nitriles is 1. The first-order valence-electron chi connectivity index (χ1n) is 5.84. The molecule has 0 saturated heterocycles. The molecule has 0 radical (unpaired) electrons. The van der Waals surface area contributed by atoms with Crippen molar-refractivity contribution in [2.75, 3.05) is 11.4 Å². The second-order valence-electron chi connectivity index (χ2n) is 4.21. The molecule has 0 aliphatic rings. The average Bonchev–Trinajstić information content (AvgIpc) is 2.47. The minimum atomic E-state index is -4.08. The molecule has 7 heteroatoms. The predicted molar refractivity (Wildman–Crippen MR) is 74.8 cm³/mol. The highest BCUT2D eigenvalue weighted by Gasteiger charge is 2.26. The monoisotopic (exact) mass is 306 g/mol. The first-order valence-corrected chi connectivity index (χ1v) is 7.28. The van der Waals surface area contributed by atoms with Crippen LogP contribution in [0.5, 0.6) is 5.75 Å². The lowest BCUT2D eigenvalue weighted by atomic mass is 10.2. The van der Waals surface area contributed by atoms with E-state index in [4.69, 9.17) is 5.26 Å². The number of phenolic OH excluding ortho intramolecular Hbond substituents is 1. The largest absolute Gasteiger partial charge is 0.508 e. The van der Waals surface area contributed by atoms with Crippen molar-refractivity contribution in [3.05, 3.63) is 53.8 Å². The fourth-order valence-corrected chi connectivity index (χ4v) is 3.12. The zero-order chi connectivity index (χ0) is 15.6. The Morgan fingerprint density at radius 2 is 1.81 bits per heavy atom. The number of anilines is 1. The van der Waals surface area contributed by atoms with Crippen molar-refractivity contribution in [2.24, 2.45) is 0 Å². The molecule has 0 aliphatic heterocycles. The van der Waals surface area contributed by atoms with Crippen molar-refractivity contribution < 1.29 is 17.9 Å². The summed E-state index contributed by atoms with van der Waals surface area (Å²) < 4.78 is 39.5. The number of rotatable bonds is 3. The first-order chi connectivity index (χ1) is 9.87. The van der Waals surface area contributed by atoms with Gasteiger partial charge in [0.05, 0.1) is 5.69 Å². The lowest BCUT2D eigenvalue weighted by Gasteiger charge is -2.20. The summed E-state index contributed by atoms with van der Waals surface area (Å²) in [5.41, 5.74) is -0.246. The normalized spacial score (nSPS) is 10.9. The molecule has 0 spiro atoms. The van der Waals surface area contributed by atoms with Gasteiger partial charge in [-0.05, 0) is 36.4 Å². The van der Waals surface area contributed by atoms with Gasteiger partial charge in [-0.1, -0.05) is 6.07 Å². The molecule has 2 aromatic rings. The molecule has 2 aromatic carbocycles. The van der Waals surface area contributed by atoms with Gasteiger partial charge >= 0.3 is 0 Å². The van der Waals surface area contributed by atoms with Crippen LogP contribution in [0.3, 0.4) is 0 Å². The summed E-state index contributed by atoms with van der Waals surface area (Å²) in [6.45, 7) is 0. The lowest BCUT2D eigenvalue weighted by Crippen LogP contribution is -2.27. The van der Waals surface area contributed by atoms with Crippen LogP contribution in [0.15, 0.2) is 47.4 Å². The lowest BCUT2D eigenvalue weighted by molar-refractivity contribution is 0.475. The standard InChI is InChI=1S/C14H11FN2O3S/c1-17(10-5-7-11(18)8-6-10)21(19,20)14-4-2-3-13(15)12(14)9-16/h2-8,18H,1H3. The molecular weight excluding hydrogens is 295 g/mol. The summed E-state index contributed by atoms with van der Waals surface area (Å²) in [5.74, 6) is -0.898. The van der Waals surface area contributed by atoms with E-state index in [0.29, 0.717) is 0 Å². The maximum Gasteiger partial charge on any atom is 0.265 e. The molecule has 5 nitrogen and oxygen atoms in total. The molecule has 21 heavy (non-hydrogen) atoms. The molecule has 0 heterocycles. The summed E-state index contributed by atoms with van der Waals surface area (Å²) in [5, 5.41) is 18.2. The van der Waals surface area contributed by atoms with Crippen LogP contribution < -0.4 is 4.31 Å². The predicted octanol–water partition coefficient (Wildman–Crippen LogP) is 2.23. The van der Waals surface area contributed by atoms with E-state index in [1.54, 1.807) is 6.07 Å². The van der Waals surface area contributed by atoms with Crippen LogP contribution in [-0.4, -0.2) is 20.6 Å². The Labute approximate surface area is 121 Å². The van der Waals surface area contributed by atoms with Gasteiger partial charge in [-0.3, -0.25) is 4.31 Å². The molecule has 0 aromatic heterocycles. The molecule has 0 amide bonds. The molecule has 0 bridgehead atoms. The van der Waals surface area contributed by atoms with E-state index >= 15 is 0 Å². The zero-order valence-corrected chi connectivity index (χ0v) is 11.8. The van der Waals surface area contributed by atoms with Crippen molar-refractivity contribution >= 4 is 15.7 Å². The van der Waals surface area contributed by atoms with E-state index < -0.39 is 26.3 Å². The highest BCUT2D eigenvalue weighted by Crippen LogP contribution is 2.26. The van der Waals surface area contributed by atoms with E-state index in [1.807, 2.05) is 0 Å². The van der Waals surface area contributed by atoms with Crippen LogP contribution in [0, 0.1) is 17.1 Å². The zero-order valence-electron chi connectivity index (χ0n) is 11.0. The van der Waals surface area contributed by atoms with Crippen LogP contribution in [0.1, 0.15) is 5.56 Å². The van der Waals surface area contributed by atoms with Gasteiger partial charge in [-0.25, -0.2) is 12.8 Å². The molecular formula is C14H11FN2O3S. The van der Waals surface area contributed by atoms with Crippen molar-refractivity contribution in [2.45, 2.75) is 4.90 Å². The third kappa shape index (κ3) is 2.66. The van der Waals surface area contributed by atoms with E-state index in [1.165, 1.54) is 43.4 Å². The SMILES string of the molecule is CN(c1ccc(O)cc1)S(=O)(=O)c1cccc(F)c1C#N. The van der Waals surface area contributed by atoms with Crippen LogP contribution >= 0.6 is 0 Å². The molecule has 0 unspecified atom stereocenters. The summed E-state index contributed by atoms with van der Waals surface area (Å²) in [4.78, 5) is -0.402. The highest BCUT2D eigenvalue weighted by molar-refractivity contribution is 7.92. The number of halogens is 1. The highest BCUT2D eigenvalue weighted by atomic mass is 32.2. The fraction of sp³-hybridized carbons (Fsp3) is 0.0714. The van der Waals surface area contributed by atoms with Gasteiger partial charge in [-0.2, -0.15) is 5.26 Å². The summed E-state index contributed by atoms with van der Waals surface area (Å²) in [6.07, 6.45) is 0. The van der Waals surface area contributed by atoms with Crippen LogP contribution in [0.4, 0.5) is 10.1 Å². The van der Waals surface area contributed by atoms with Crippen LogP contribution in [0.25, 0.3) is 0 Å². The number of sulfonamides is 1. The molecule has 0 saturated carbocycles. The quantitative estimate of drug-likeness (QED) is 0.942. The van der Waals surface area contributed by atoms with Crippen molar-refractivity contribution in [3.8, 4) is 11.8 Å². The van der Waals surface area contributed by atoms with Crippen molar-refractivity contribution in [1.82, 2.24) is 0 Å². The van der Waals surface area contributed by atoms with Gasteiger partial charge in [0.15, 0.2) is 0 Å². The number of aromatic hydroxyl groups is 1. The fourth-order valence-electron chi connectivity index (χ4n) is 1.78. The maximum absolute atomic E-state index is 13.6. The van der Waals surface area contributed by atoms with Crippen molar-refractivity contribution in [1.29, 1.82) is 5.26 Å². The minimum absolute atomic E-state index is 0.00647. The first kappa shape index (κ1) is 14.8. The Balaban J connectivity index is 2.55. The number of hydrogen-bond acceptors (Lipinski definition) is 4. The van der Waals surface area contributed by atoms with Crippen LogP contribution in [0.2, 0.25) is 0 Å². The van der Waals surface area contributed by atoms with E-state index in [9.17, 15) is 17.9 Å². The second kappa shape index (κ2) is 5.42. The maximum atomic E-state index is 13.6. The van der Waals surface area contributed by atoms with Gasteiger partial charge in [0, 0.05) is 7.05 Å². The molecule has 0 atom stereocenters. The topological polar surface area (TPSA) is 81.4 Å². The number of hydrogen-bond donors (Lipinski definition) is 1. The molecule has 108 valence electrons. The Kier molecular flexibility index (Phi) is 3.82. The number of benzene rings is 2. The average molecular weight is 306 g/mol. The van der Waals surface area contributed by atoms with Gasteiger partial charge in [-0.15, -0.1) is 0 Å².